The van der Waals surface area contributed by atoms with Crippen molar-refractivity contribution in [1.29, 1.82) is 0 Å². The third kappa shape index (κ3) is 2.33. The quantitative estimate of drug-likeness (QED) is 0.564. The number of benzene rings is 2. The molecule has 0 radical (unpaired) electrons. The molecule has 3 nitrogen and oxygen atoms in total. The van der Waals surface area contributed by atoms with Gasteiger partial charge in [0.15, 0.2) is 0 Å². The number of aromatic amines is 1. The number of ether oxygens (including phenoxy) is 1. The number of nitrogens with one attached hydrogen (secondary N) is 1. The molecule has 1 aromatic heterocycles. The second-order valence-corrected chi connectivity index (χ2v) is 4.50. The molecule has 0 saturated heterocycles. The predicted molar refractivity (Wildman–Crippen MR) is 74.7 cm³/mol. The van der Waals surface area contributed by atoms with Crippen LogP contribution >= 0.6 is 11.6 Å². The van der Waals surface area contributed by atoms with Crippen molar-refractivity contribution in [3.05, 3.63) is 65.3 Å². The Bertz CT molecular complexity index is 748. The van der Waals surface area contributed by atoms with Gasteiger partial charge >= 0.3 is 5.97 Å². The maximum Gasteiger partial charge on any atom is 0.345 e. The van der Waals surface area contributed by atoms with Gasteiger partial charge in [0, 0.05) is 17.1 Å². The van der Waals surface area contributed by atoms with Crippen molar-refractivity contribution < 1.29 is 9.53 Å². The molecule has 0 amide bonds. The lowest BCUT2D eigenvalue weighted by molar-refractivity contribution is 0.0735. The molecule has 0 bridgehead atoms. The Labute approximate surface area is 114 Å². The fourth-order valence-electron chi connectivity index (χ4n) is 1.88. The van der Waals surface area contributed by atoms with Crippen molar-refractivity contribution in [3.63, 3.8) is 0 Å². The molecule has 0 saturated carbocycles. The average Bonchev–Trinajstić information content (AvgIpc) is 2.86. The van der Waals surface area contributed by atoms with Crippen LogP contribution in [0.1, 0.15) is 10.4 Å². The monoisotopic (exact) mass is 271 g/mol. The summed E-state index contributed by atoms with van der Waals surface area (Å²) in [5.41, 5.74) is 1.36. The lowest BCUT2D eigenvalue weighted by Gasteiger charge is -2.05. The van der Waals surface area contributed by atoms with Gasteiger partial charge in [-0.3, -0.25) is 0 Å². The van der Waals surface area contributed by atoms with E-state index in [1.165, 1.54) is 0 Å². The van der Waals surface area contributed by atoms with Crippen LogP contribution in [0.3, 0.4) is 0 Å². The zero-order valence-corrected chi connectivity index (χ0v) is 10.6. The second-order valence-electron chi connectivity index (χ2n) is 4.10. The highest BCUT2D eigenvalue weighted by molar-refractivity contribution is 6.33. The third-order valence-electron chi connectivity index (χ3n) is 2.83. The van der Waals surface area contributed by atoms with Gasteiger partial charge in [0.2, 0.25) is 0 Å². The zero-order valence-electron chi connectivity index (χ0n) is 9.89. The summed E-state index contributed by atoms with van der Waals surface area (Å²) in [6.45, 7) is 0. The fraction of sp³-hybridized carbons (Fsp3) is 0. The summed E-state index contributed by atoms with van der Waals surface area (Å²) in [4.78, 5) is 15.1. The van der Waals surface area contributed by atoms with Gasteiger partial charge in [-0.25, -0.2) is 4.79 Å². The van der Waals surface area contributed by atoms with Crippen molar-refractivity contribution in [2.45, 2.75) is 0 Å². The zero-order chi connectivity index (χ0) is 13.2. The number of aromatic nitrogens is 1. The molecule has 2 aromatic carbocycles. The van der Waals surface area contributed by atoms with Crippen LogP contribution in [0.5, 0.6) is 5.75 Å². The number of esters is 1. The van der Waals surface area contributed by atoms with E-state index in [4.69, 9.17) is 16.3 Å². The Morgan fingerprint density at radius 1 is 1.11 bits per heavy atom. The van der Waals surface area contributed by atoms with Crippen LogP contribution in [0.4, 0.5) is 0 Å². The lowest BCUT2D eigenvalue weighted by atomic mass is 10.2. The van der Waals surface area contributed by atoms with Crippen LogP contribution in [-0.2, 0) is 0 Å². The van der Waals surface area contributed by atoms with Gasteiger partial charge in [0.05, 0.1) is 10.6 Å². The Morgan fingerprint density at radius 3 is 2.79 bits per heavy atom. The van der Waals surface area contributed by atoms with Crippen molar-refractivity contribution in [2.75, 3.05) is 0 Å². The topological polar surface area (TPSA) is 42.1 Å². The van der Waals surface area contributed by atoms with Crippen molar-refractivity contribution >= 4 is 28.5 Å². The molecule has 1 N–H and O–H groups in total. The fourth-order valence-corrected chi connectivity index (χ4v) is 2.10. The lowest BCUT2D eigenvalue weighted by Crippen LogP contribution is -2.08. The van der Waals surface area contributed by atoms with Crippen molar-refractivity contribution in [3.8, 4) is 5.75 Å². The van der Waals surface area contributed by atoms with Gasteiger partial charge in [0.25, 0.3) is 0 Å². The van der Waals surface area contributed by atoms with Gasteiger partial charge in [0.1, 0.15) is 5.75 Å². The summed E-state index contributed by atoms with van der Waals surface area (Å²) in [5, 5.41) is 1.37. The van der Waals surface area contributed by atoms with E-state index in [0.29, 0.717) is 16.3 Å². The molecule has 0 aliphatic heterocycles. The van der Waals surface area contributed by atoms with Crippen molar-refractivity contribution in [1.82, 2.24) is 4.98 Å². The smallest absolute Gasteiger partial charge is 0.345 e. The van der Waals surface area contributed by atoms with E-state index in [1.807, 2.05) is 18.3 Å². The van der Waals surface area contributed by atoms with E-state index in [0.717, 1.165) is 10.9 Å². The Kier molecular flexibility index (Phi) is 2.97. The summed E-state index contributed by atoms with van der Waals surface area (Å²) in [7, 11) is 0. The summed E-state index contributed by atoms with van der Waals surface area (Å²) < 4.78 is 5.32. The average molecular weight is 272 g/mol. The van der Waals surface area contributed by atoms with Crippen LogP contribution in [0, 0.1) is 0 Å². The van der Waals surface area contributed by atoms with E-state index >= 15 is 0 Å². The number of hydrogen-bond acceptors (Lipinski definition) is 2. The molecule has 0 fully saturated rings. The molecule has 1 heterocycles. The Balaban J connectivity index is 1.88. The molecule has 0 aliphatic carbocycles. The van der Waals surface area contributed by atoms with Gasteiger partial charge < -0.3 is 9.72 Å². The standard InChI is InChI=1S/C15H10ClNO2/c16-13-4-2-1-3-12(13)15(18)19-11-5-6-14-10(9-11)7-8-17-14/h1-9,17H. The minimum absolute atomic E-state index is 0.360. The highest BCUT2D eigenvalue weighted by Gasteiger charge is 2.12. The Morgan fingerprint density at radius 2 is 1.95 bits per heavy atom. The molecule has 19 heavy (non-hydrogen) atoms. The maximum atomic E-state index is 12.0. The van der Waals surface area contributed by atoms with Crippen LogP contribution in [0.2, 0.25) is 5.02 Å². The number of carbonyl (C=O) groups excluding carboxylic acids is 1. The first-order valence-electron chi connectivity index (χ1n) is 5.78. The first-order valence-corrected chi connectivity index (χ1v) is 6.16. The van der Waals surface area contributed by atoms with Crippen LogP contribution in [0.15, 0.2) is 54.7 Å². The SMILES string of the molecule is O=C(Oc1ccc2[nH]ccc2c1)c1ccccc1Cl. The Hall–Kier alpha value is -2.26. The van der Waals surface area contributed by atoms with E-state index in [-0.39, 0.29) is 0 Å². The van der Waals surface area contributed by atoms with Crippen LogP contribution in [0.25, 0.3) is 10.9 Å². The van der Waals surface area contributed by atoms with Gasteiger partial charge in [-0.2, -0.15) is 0 Å². The second kappa shape index (κ2) is 4.78. The van der Waals surface area contributed by atoms with E-state index in [1.54, 1.807) is 36.4 Å². The molecule has 0 aliphatic rings. The molecule has 3 rings (SSSR count). The van der Waals surface area contributed by atoms with E-state index in [9.17, 15) is 4.79 Å². The summed E-state index contributed by atoms with van der Waals surface area (Å²) in [6, 6.07) is 14.1. The molecular weight excluding hydrogens is 262 g/mol. The molecule has 94 valence electrons. The predicted octanol–water partition coefficient (Wildman–Crippen LogP) is 4.04. The van der Waals surface area contributed by atoms with Gasteiger partial charge in [-0.1, -0.05) is 23.7 Å². The van der Waals surface area contributed by atoms with E-state index in [2.05, 4.69) is 4.98 Å². The van der Waals surface area contributed by atoms with Crippen LogP contribution in [-0.4, -0.2) is 11.0 Å². The van der Waals surface area contributed by atoms with E-state index < -0.39 is 5.97 Å². The summed E-state index contributed by atoms with van der Waals surface area (Å²) in [5.74, 6) is 0.0394. The number of H-pyrrole nitrogens is 1. The summed E-state index contributed by atoms with van der Waals surface area (Å²) in [6.07, 6.45) is 1.84. The highest BCUT2D eigenvalue weighted by atomic mass is 35.5. The minimum Gasteiger partial charge on any atom is -0.423 e. The molecule has 4 heteroatoms. The normalized spacial score (nSPS) is 10.6. The molecule has 0 unspecified atom stereocenters. The third-order valence-corrected chi connectivity index (χ3v) is 3.16. The first-order chi connectivity index (χ1) is 9.24. The summed E-state index contributed by atoms with van der Waals surface area (Å²) >= 11 is 5.96. The highest BCUT2D eigenvalue weighted by Crippen LogP contribution is 2.22. The minimum atomic E-state index is -0.458. The largest absolute Gasteiger partial charge is 0.423 e. The number of rotatable bonds is 2. The van der Waals surface area contributed by atoms with Gasteiger partial charge in [-0.15, -0.1) is 0 Å². The molecule has 0 atom stereocenters. The number of halogens is 1. The van der Waals surface area contributed by atoms with Crippen molar-refractivity contribution in [2.24, 2.45) is 0 Å². The number of fused-ring (bicyclic) bond motifs is 1. The van der Waals surface area contributed by atoms with Crippen LogP contribution < -0.4 is 4.74 Å². The number of hydrogen-bond donors (Lipinski definition) is 1. The molecular formula is C15H10ClNO2. The number of carbonyl (C=O) groups is 1. The first kappa shape index (κ1) is 11.8. The molecule has 0 spiro atoms. The van der Waals surface area contributed by atoms with Gasteiger partial charge in [-0.05, 0) is 36.4 Å². The molecule has 3 aromatic rings. The maximum absolute atomic E-state index is 12.0.